The first kappa shape index (κ1) is 76.1. The van der Waals surface area contributed by atoms with Crippen LogP contribution in [0.15, 0.2) is 146 Å². The average Bonchev–Trinajstić information content (AvgIpc) is 1.59. The van der Waals surface area contributed by atoms with Crippen LogP contribution in [0, 0.1) is 28.1 Å². The van der Waals surface area contributed by atoms with Gasteiger partial charge in [-0.2, -0.15) is 5.26 Å². The zero-order valence-corrected chi connectivity index (χ0v) is 61.0. The normalized spacial score (nSPS) is 16.6. The maximum absolute atomic E-state index is 13.5. The summed E-state index contributed by atoms with van der Waals surface area (Å²) in [6.45, 7) is 14.5. The Morgan fingerprint density at radius 1 is 0.544 bits per heavy atom. The zero-order chi connectivity index (χ0) is 72.9. The highest BCUT2D eigenvalue weighted by Crippen LogP contribution is 2.40. The van der Waals surface area contributed by atoms with Gasteiger partial charge in [0.25, 0.3) is 11.8 Å². The number of aromatic nitrogens is 3. The van der Waals surface area contributed by atoms with Gasteiger partial charge in [-0.1, -0.05) is 91.0 Å². The minimum Gasteiger partial charge on any atom is -0.481 e. The van der Waals surface area contributed by atoms with Crippen LogP contribution in [0.3, 0.4) is 0 Å². The fourth-order valence-corrected chi connectivity index (χ4v) is 14.8. The number of nitrogens with zero attached hydrogens (tertiary/aromatic N) is 8. The summed E-state index contributed by atoms with van der Waals surface area (Å²) in [4.78, 5) is 78.7. The summed E-state index contributed by atoms with van der Waals surface area (Å²) >= 11 is 12.3. The molecule has 6 aromatic carbocycles. The number of thiocyanates is 1. The standard InChI is InChI=1S/C27H28FN3O3S.C23H20FN3O3S.C19H17FN2O2.C8H13NO2S.ClH/c1-27(2,3)34-24(32)12-13-29-25(33)22-14-20-19-6-4-5-7-21(19)30(23(20)16-31(22)26(29)35)15-17-8-10-18(28)11-9-17;24-15-7-5-14(6-8-15)12-26-18-4-2-1-3-16(18)17-11-19-22(30)25(10-9-21(28)29)23(31)27(19)13-20(17)26;20-13-7-5-12(6-8-13)11-22-17-4-2-1-3-14(17)15-9-16(19(23)24)21-10-18(15)22;1-8(2,3)11-7(10)4-5-12-6-9;/h4-11,22H,12-16H2,1-3H3;1-8,19H,9-13H2,(H,28,29);1-8,16,21H,9-11H2,(H,23,24);4-5H2,1-3H3;1H. The van der Waals surface area contributed by atoms with E-state index in [1.807, 2.05) is 105 Å². The number of fused-ring (bicyclic) bond motifs is 11. The molecule has 8 heterocycles. The van der Waals surface area contributed by atoms with E-state index in [9.17, 15) is 47.0 Å². The third-order valence-electron chi connectivity index (χ3n) is 18.2. The fraction of sp³-hybridized carbons (Fsp3) is 0.338. The van der Waals surface area contributed by atoms with Gasteiger partial charge in [-0.3, -0.25) is 43.9 Å². The molecular weight excluding hydrogens is 1400 g/mol. The van der Waals surface area contributed by atoms with Gasteiger partial charge in [-0.05, 0) is 166 Å². The molecule has 5 aliphatic heterocycles. The number of hydrogen-bond donors (Lipinski definition) is 3. The molecule has 3 unspecified atom stereocenters. The Balaban J connectivity index is 0.000000155. The Kier molecular flexibility index (Phi) is 23.9. The summed E-state index contributed by atoms with van der Waals surface area (Å²) in [5.41, 5.74) is 11.9. The van der Waals surface area contributed by atoms with Gasteiger partial charge in [0.05, 0.1) is 32.4 Å². The highest BCUT2D eigenvalue weighted by atomic mass is 35.5. The lowest BCUT2D eigenvalue weighted by atomic mass is 9.97. The summed E-state index contributed by atoms with van der Waals surface area (Å²) in [5, 5.41) is 35.6. The number of para-hydroxylation sites is 3. The Morgan fingerprint density at radius 3 is 1.27 bits per heavy atom. The van der Waals surface area contributed by atoms with Gasteiger partial charge in [0.1, 0.15) is 52.2 Å². The van der Waals surface area contributed by atoms with Crippen molar-refractivity contribution in [1.29, 1.82) is 5.26 Å². The highest BCUT2D eigenvalue weighted by molar-refractivity contribution is 8.03. The minimum absolute atomic E-state index is 0. The van der Waals surface area contributed by atoms with E-state index in [1.165, 1.54) is 41.3 Å². The van der Waals surface area contributed by atoms with E-state index in [-0.39, 0.29) is 85.6 Å². The summed E-state index contributed by atoms with van der Waals surface area (Å²) in [6.07, 6.45) is 1.80. The molecule has 3 aromatic heterocycles. The number of esters is 2. The maximum Gasteiger partial charge on any atom is 0.321 e. The summed E-state index contributed by atoms with van der Waals surface area (Å²) in [7, 11) is 0. The molecule has 2 saturated heterocycles. The smallest absolute Gasteiger partial charge is 0.321 e. The van der Waals surface area contributed by atoms with Crippen LogP contribution in [0.2, 0.25) is 0 Å². The van der Waals surface area contributed by atoms with E-state index in [2.05, 4.69) is 43.3 Å². The van der Waals surface area contributed by atoms with Gasteiger partial charge in [-0.15, -0.1) is 12.4 Å². The van der Waals surface area contributed by atoms with Gasteiger partial charge < -0.3 is 43.2 Å². The number of carboxylic acids is 2. The minimum atomic E-state index is -0.958. The number of rotatable bonds is 16. The predicted molar refractivity (Wildman–Crippen MR) is 397 cm³/mol. The quantitative estimate of drug-likeness (QED) is 0.0354. The maximum atomic E-state index is 13.5. The second-order valence-electron chi connectivity index (χ2n) is 27.4. The van der Waals surface area contributed by atoms with Gasteiger partial charge in [0.15, 0.2) is 10.2 Å². The number of ether oxygens (including phenoxy) is 2. The van der Waals surface area contributed by atoms with Crippen LogP contribution >= 0.6 is 48.6 Å². The van der Waals surface area contributed by atoms with Gasteiger partial charge in [-0.25, -0.2) is 13.2 Å². The number of hydrogen-bond acceptors (Lipinski definition) is 13. The van der Waals surface area contributed by atoms with E-state index in [0.29, 0.717) is 80.9 Å². The van der Waals surface area contributed by atoms with Crippen molar-refractivity contribution < 1.29 is 61.6 Å². The fourth-order valence-electron chi connectivity index (χ4n) is 13.7. The number of aliphatic carboxylic acids is 2. The third-order valence-corrected chi connectivity index (χ3v) is 19.7. The van der Waals surface area contributed by atoms with Crippen LogP contribution in [-0.2, 0) is 96.8 Å². The molecule has 2 fully saturated rings. The highest BCUT2D eigenvalue weighted by Gasteiger charge is 2.48. The first-order chi connectivity index (χ1) is 48.6. The lowest BCUT2D eigenvalue weighted by molar-refractivity contribution is -0.155. The summed E-state index contributed by atoms with van der Waals surface area (Å²) in [5.74, 6) is -2.85. The van der Waals surface area contributed by atoms with Crippen LogP contribution in [-0.4, -0.2) is 138 Å². The zero-order valence-electron chi connectivity index (χ0n) is 57.7. The summed E-state index contributed by atoms with van der Waals surface area (Å²) in [6, 6.07) is 42.5. The van der Waals surface area contributed by atoms with Crippen molar-refractivity contribution in [3.8, 4) is 5.40 Å². The van der Waals surface area contributed by atoms with Gasteiger partial charge in [0, 0.05) is 114 Å². The Labute approximate surface area is 615 Å². The van der Waals surface area contributed by atoms with Gasteiger partial charge in [0.2, 0.25) is 0 Å². The SMILES string of the molecule is CC(C)(C)OC(=O)CCN1C(=O)C2Cc3c(n(Cc4ccc(F)cc4)c4ccccc34)CN2C1=S.CC(C)(C)OC(=O)CCSC#N.Cl.O=C(O)C1Cc2c(n(Cc3ccc(F)cc3)c3ccccc23)CN1.O=C(O)CCN1C(=O)C2Cc3c(n(Cc4ccc(F)cc4)c4ccccc34)CN2C1=S. The predicted octanol–water partition coefficient (Wildman–Crippen LogP) is 12.9. The van der Waals surface area contributed by atoms with Crippen molar-refractivity contribution in [3.63, 3.8) is 0 Å². The lowest BCUT2D eigenvalue weighted by Crippen LogP contribution is -2.42. The number of nitrogens with one attached hydrogen (secondary N) is 1. The van der Waals surface area contributed by atoms with Crippen molar-refractivity contribution in [2.24, 2.45) is 0 Å². The number of carbonyl (C=O) groups is 6. The van der Waals surface area contributed by atoms with E-state index in [4.69, 9.17) is 44.3 Å². The van der Waals surface area contributed by atoms with Crippen molar-refractivity contribution >= 4 is 127 Å². The number of thiocarbonyl (C=S) groups is 2. The Bertz CT molecular complexity index is 4760. The molecule has 3 atom stereocenters. The first-order valence-corrected chi connectivity index (χ1v) is 35.3. The molecule has 0 aliphatic carbocycles. The number of thioether (sulfide) groups is 1. The number of carboxylic acid groups (broad SMARTS) is 2. The van der Waals surface area contributed by atoms with Crippen LogP contribution in [0.4, 0.5) is 13.2 Å². The molecule has 5 aliphatic rings. The largest absolute Gasteiger partial charge is 0.481 e. The molecule has 0 saturated carbocycles. The number of amides is 2. The molecule has 3 N–H and O–H groups in total. The molecule has 2 amide bonds. The third kappa shape index (κ3) is 17.6. The molecule has 19 nitrogen and oxygen atoms in total. The second-order valence-corrected chi connectivity index (χ2v) is 29.0. The molecular formula is C77H79ClF3N9O10S3. The number of benzene rings is 6. The molecule has 103 heavy (non-hydrogen) atoms. The second kappa shape index (κ2) is 32.4. The van der Waals surface area contributed by atoms with Crippen LogP contribution < -0.4 is 5.32 Å². The molecule has 26 heteroatoms. The van der Waals surface area contributed by atoms with Crippen LogP contribution in [0.5, 0.6) is 0 Å². The molecule has 14 rings (SSSR count). The molecule has 0 spiro atoms. The van der Waals surface area contributed by atoms with Crippen molar-refractivity contribution in [2.45, 2.75) is 149 Å². The van der Waals surface area contributed by atoms with E-state index in [1.54, 1.807) is 41.3 Å². The van der Waals surface area contributed by atoms with Crippen molar-refractivity contribution in [3.05, 3.63) is 214 Å². The Hall–Kier alpha value is -9.58. The average molecular weight is 1480 g/mol. The lowest BCUT2D eigenvalue weighted by Gasteiger charge is -2.30. The van der Waals surface area contributed by atoms with Crippen LogP contribution in [0.1, 0.15) is 111 Å². The number of nitriles is 1. The topological polar surface area (TPSA) is 225 Å². The monoisotopic (exact) mass is 1480 g/mol. The van der Waals surface area contributed by atoms with Gasteiger partial charge >= 0.3 is 23.9 Å². The van der Waals surface area contributed by atoms with E-state index < -0.39 is 35.2 Å². The summed E-state index contributed by atoms with van der Waals surface area (Å²) < 4.78 is 57.0. The Morgan fingerprint density at radius 2 is 0.903 bits per heavy atom. The van der Waals surface area contributed by atoms with Crippen molar-refractivity contribution in [2.75, 3.05) is 18.8 Å². The first-order valence-electron chi connectivity index (χ1n) is 33.5. The number of carbonyl (C=O) groups excluding carboxylic acids is 4. The molecule has 0 radical (unpaired) electrons. The molecule has 9 aromatic rings. The number of halogens is 4. The van der Waals surface area contributed by atoms with Crippen LogP contribution in [0.25, 0.3) is 32.7 Å². The van der Waals surface area contributed by atoms with E-state index >= 15 is 0 Å². The molecule has 538 valence electrons. The van der Waals surface area contributed by atoms with E-state index in [0.717, 1.165) is 94.9 Å². The molecule has 0 bridgehead atoms. The van der Waals surface area contributed by atoms with Crippen molar-refractivity contribution in [1.82, 2.24) is 38.6 Å².